The molecule has 0 saturated heterocycles. The Hall–Kier alpha value is -1.35. The van der Waals surface area contributed by atoms with Crippen LogP contribution in [0.25, 0.3) is 0 Å². The standard InChI is InChI=1S/C16H21NO2/c17-10-16(15(18)19,14-6-7-14)9-11-4-5-12-2-1-3-13(12)8-11/h4-5,8,14H,1-3,6-7,9-10,17H2,(H,18,19). The van der Waals surface area contributed by atoms with Crippen molar-refractivity contribution in [3.63, 3.8) is 0 Å². The lowest BCUT2D eigenvalue weighted by molar-refractivity contribution is -0.149. The Balaban J connectivity index is 1.88. The van der Waals surface area contributed by atoms with Crippen LogP contribution in [0.2, 0.25) is 0 Å². The first-order valence-corrected chi connectivity index (χ1v) is 7.20. The van der Waals surface area contributed by atoms with E-state index >= 15 is 0 Å². The number of aryl methyl sites for hydroxylation is 2. The van der Waals surface area contributed by atoms with Crippen LogP contribution in [0.4, 0.5) is 0 Å². The molecule has 0 aliphatic heterocycles. The van der Waals surface area contributed by atoms with Gasteiger partial charge >= 0.3 is 5.97 Å². The fraction of sp³-hybridized carbons (Fsp3) is 0.562. The zero-order valence-corrected chi connectivity index (χ0v) is 11.2. The number of aliphatic carboxylic acids is 1. The predicted octanol–water partition coefficient (Wildman–Crippen LogP) is 2.16. The number of fused-ring (bicyclic) bond motifs is 1. The number of hydrogen-bond donors (Lipinski definition) is 2. The smallest absolute Gasteiger partial charge is 0.311 e. The molecule has 3 nitrogen and oxygen atoms in total. The van der Waals surface area contributed by atoms with E-state index in [9.17, 15) is 9.90 Å². The van der Waals surface area contributed by atoms with Crippen molar-refractivity contribution in [2.45, 2.75) is 38.5 Å². The molecule has 19 heavy (non-hydrogen) atoms. The third-order valence-electron chi connectivity index (χ3n) is 4.83. The van der Waals surface area contributed by atoms with Gasteiger partial charge in [-0.1, -0.05) is 18.2 Å². The highest BCUT2D eigenvalue weighted by Crippen LogP contribution is 2.47. The number of carboxylic acids is 1. The summed E-state index contributed by atoms with van der Waals surface area (Å²) in [6.45, 7) is 0.240. The van der Waals surface area contributed by atoms with Crippen molar-refractivity contribution >= 4 is 5.97 Å². The highest BCUT2D eigenvalue weighted by Gasteiger charge is 2.50. The molecule has 0 radical (unpaired) electrons. The second kappa shape index (κ2) is 4.64. The van der Waals surface area contributed by atoms with E-state index in [1.165, 1.54) is 24.0 Å². The van der Waals surface area contributed by atoms with Crippen LogP contribution in [0, 0.1) is 11.3 Å². The van der Waals surface area contributed by atoms with Crippen LogP contribution in [-0.2, 0) is 24.1 Å². The Bertz CT molecular complexity index is 507. The number of carboxylic acid groups (broad SMARTS) is 1. The maximum atomic E-state index is 11.7. The van der Waals surface area contributed by atoms with Gasteiger partial charge in [0.2, 0.25) is 0 Å². The first-order valence-electron chi connectivity index (χ1n) is 7.20. The predicted molar refractivity (Wildman–Crippen MR) is 74.0 cm³/mol. The molecule has 1 aromatic carbocycles. The third-order valence-corrected chi connectivity index (χ3v) is 4.83. The van der Waals surface area contributed by atoms with E-state index in [1.807, 2.05) is 0 Å². The summed E-state index contributed by atoms with van der Waals surface area (Å²) in [6.07, 6.45) is 6.12. The zero-order chi connectivity index (χ0) is 13.5. The van der Waals surface area contributed by atoms with Gasteiger partial charge in [0, 0.05) is 6.54 Å². The highest BCUT2D eigenvalue weighted by molar-refractivity contribution is 5.76. The van der Waals surface area contributed by atoms with E-state index < -0.39 is 11.4 Å². The summed E-state index contributed by atoms with van der Waals surface area (Å²) in [7, 11) is 0. The van der Waals surface area contributed by atoms with Crippen molar-refractivity contribution in [1.29, 1.82) is 0 Å². The molecule has 3 heteroatoms. The van der Waals surface area contributed by atoms with Crippen LogP contribution >= 0.6 is 0 Å². The number of hydrogen-bond acceptors (Lipinski definition) is 2. The Morgan fingerprint density at radius 2 is 2.05 bits per heavy atom. The van der Waals surface area contributed by atoms with Crippen LogP contribution in [0.5, 0.6) is 0 Å². The SMILES string of the molecule is NCC(Cc1ccc2c(c1)CCC2)(C(=O)O)C1CC1. The topological polar surface area (TPSA) is 63.3 Å². The van der Waals surface area contributed by atoms with Gasteiger partial charge in [0.15, 0.2) is 0 Å². The Morgan fingerprint density at radius 1 is 1.32 bits per heavy atom. The molecule has 0 bridgehead atoms. The van der Waals surface area contributed by atoms with Gasteiger partial charge in [0.05, 0.1) is 5.41 Å². The zero-order valence-electron chi connectivity index (χ0n) is 11.2. The van der Waals surface area contributed by atoms with Gasteiger partial charge in [-0.3, -0.25) is 4.79 Å². The van der Waals surface area contributed by atoms with Crippen LogP contribution in [0.15, 0.2) is 18.2 Å². The molecule has 2 aliphatic carbocycles. The molecular weight excluding hydrogens is 238 g/mol. The molecule has 0 heterocycles. The van der Waals surface area contributed by atoms with Crippen LogP contribution in [-0.4, -0.2) is 17.6 Å². The van der Waals surface area contributed by atoms with Gasteiger partial charge in [-0.2, -0.15) is 0 Å². The summed E-state index contributed by atoms with van der Waals surface area (Å²) in [6, 6.07) is 6.48. The lowest BCUT2D eigenvalue weighted by Gasteiger charge is -2.28. The minimum Gasteiger partial charge on any atom is -0.481 e. The van der Waals surface area contributed by atoms with Crippen molar-refractivity contribution in [2.75, 3.05) is 6.54 Å². The molecule has 1 unspecified atom stereocenters. The lowest BCUT2D eigenvalue weighted by Crippen LogP contribution is -2.42. The average molecular weight is 259 g/mol. The molecule has 3 rings (SSSR count). The van der Waals surface area contributed by atoms with Crippen molar-refractivity contribution in [1.82, 2.24) is 0 Å². The molecular formula is C16H21NO2. The molecule has 1 atom stereocenters. The fourth-order valence-electron chi connectivity index (χ4n) is 3.46. The van der Waals surface area contributed by atoms with Gasteiger partial charge in [0.1, 0.15) is 0 Å². The maximum Gasteiger partial charge on any atom is 0.311 e. The summed E-state index contributed by atoms with van der Waals surface area (Å²) in [5.74, 6) is -0.457. The molecule has 2 aliphatic rings. The summed E-state index contributed by atoms with van der Waals surface area (Å²) >= 11 is 0. The van der Waals surface area contributed by atoms with E-state index in [0.29, 0.717) is 6.42 Å². The van der Waals surface area contributed by atoms with Gasteiger partial charge in [0.25, 0.3) is 0 Å². The Kier molecular flexibility index (Phi) is 3.09. The van der Waals surface area contributed by atoms with E-state index in [1.54, 1.807) is 0 Å². The third kappa shape index (κ3) is 2.16. The normalized spacial score (nSPS) is 20.9. The van der Waals surface area contributed by atoms with Crippen molar-refractivity contribution in [2.24, 2.45) is 17.1 Å². The molecule has 1 aromatic rings. The average Bonchev–Trinajstić information content (AvgIpc) is 3.14. The largest absolute Gasteiger partial charge is 0.481 e. The van der Waals surface area contributed by atoms with Crippen molar-refractivity contribution in [3.05, 3.63) is 34.9 Å². The molecule has 102 valence electrons. The minimum atomic E-state index is -0.743. The van der Waals surface area contributed by atoms with Gasteiger partial charge in [-0.25, -0.2) is 0 Å². The number of benzene rings is 1. The van der Waals surface area contributed by atoms with Crippen molar-refractivity contribution in [3.8, 4) is 0 Å². The maximum absolute atomic E-state index is 11.7. The first kappa shape index (κ1) is 12.7. The summed E-state index contributed by atoms with van der Waals surface area (Å²) < 4.78 is 0. The second-order valence-corrected chi connectivity index (χ2v) is 6.07. The van der Waals surface area contributed by atoms with Gasteiger partial charge in [-0.05, 0) is 61.1 Å². The van der Waals surface area contributed by atoms with Crippen molar-refractivity contribution < 1.29 is 9.90 Å². The molecule has 1 fully saturated rings. The van der Waals surface area contributed by atoms with E-state index in [2.05, 4.69) is 18.2 Å². The first-order chi connectivity index (χ1) is 9.15. The van der Waals surface area contributed by atoms with Crippen LogP contribution < -0.4 is 5.73 Å². The lowest BCUT2D eigenvalue weighted by atomic mass is 9.77. The highest BCUT2D eigenvalue weighted by atomic mass is 16.4. The summed E-state index contributed by atoms with van der Waals surface area (Å²) in [4.78, 5) is 11.7. The molecule has 0 amide bonds. The monoisotopic (exact) mass is 259 g/mol. The van der Waals surface area contributed by atoms with Crippen LogP contribution in [0.1, 0.15) is 36.0 Å². The molecule has 0 spiro atoms. The Labute approximate surface area is 113 Å². The number of rotatable bonds is 5. The molecule has 0 aromatic heterocycles. The number of carbonyl (C=O) groups is 1. The minimum absolute atomic E-state index is 0.240. The second-order valence-electron chi connectivity index (χ2n) is 6.07. The van der Waals surface area contributed by atoms with E-state index in [-0.39, 0.29) is 12.5 Å². The van der Waals surface area contributed by atoms with Gasteiger partial charge < -0.3 is 10.8 Å². The van der Waals surface area contributed by atoms with E-state index in [4.69, 9.17) is 5.73 Å². The number of nitrogens with two attached hydrogens (primary N) is 1. The molecule has 3 N–H and O–H groups in total. The van der Waals surface area contributed by atoms with Crippen LogP contribution in [0.3, 0.4) is 0 Å². The fourth-order valence-corrected chi connectivity index (χ4v) is 3.46. The molecule has 1 saturated carbocycles. The summed E-state index contributed by atoms with van der Waals surface area (Å²) in [5.41, 5.74) is 9.07. The quantitative estimate of drug-likeness (QED) is 0.851. The Morgan fingerprint density at radius 3 is 2.68 bits per heavy atom. The van der Waals surface area contributed by atoms with E-state index in [0.717, 1.165) is 24.8 Å². The summed E-state index contributed by atoms with van der Waals surface area (Å²) in [5, 5.41) is 9.61. The van der Waals surface area contributed by atoms with Gasteiger partial charge in [-0.15, -0.1) is 0 Å².